The molecule has 0 bridgehead atoms. The van der Waals surface area contributed by atoms with Crippen LogP contribution in [0, 0.1) is 5.92 Å². The number of methoxy groups -OCH3 is 2. The van der Waals surface area contributed by atoms with Crippen LogP contribution < -0.4 is 20.1 Å². The molecule has 0 spiro atoms. The van der Waals surface area contributed by atoms with Gasteiger partial charge in [0.25, 0.3) is 0 Å². The maximum atomic E-state index is 5.40. The van der Waals surface area contributed by atoms with E-state index in [9.17, 15) is 0 Å². The first kappa shape index (κ1) is 23.9. The van der Waals surface area contributed by atoms with Gasteiger partial charge in [-0.1, -0.05) is 36.4 Å². The number of ether oxygens (including phenoxy) is 2. The Labute approximate surface area is 193 Å². The van der Waals surface area contributed by atoms with Crippen LogP contribution in [0.15, 0.2) is 53.5 Å². The summed E-state index contributed by atoms with van der Waals surface area (Å²) in [5.74, 6) is 3.06. The summed E-state index contributed by atoms with van der Waals surface area (Å²) < 4.78 is 10.7. The zero-order valence-corrected chi connectivity index (χ0v) is 19.8. The Morgan fingerprint density at radius 2 is 1.81 bits per heavy atom. The van der Waals surface area contributed by atoms with Gasteiger partial charge >= 0.3 is 0 Å². The van der Waals surface area contributed by atoms with Crippen LogP contribution in [0.1, 0.15) is 24.5 Å². The van der Waals surface area contributed by atoms with E-state index in [0.29, 0.717) is 5.92 Å². The van der Waals surface area contributed by atoms with Crippen molar-refractivity contribution in [3.63, 3.8) is 0 Å². The zero-order chi connectivity index (χ0) is 22.6. The molecular formula is C26H38N4O2. The maximum absolute atomic E-state index is 5.40. The molecule has 0 aromatic heterocycles. The summed E-state index contributed by atoms with van der Waals surface area (Å²) in [6.45, 7) is 8.09. The lowest BCUT2D eigenvalue weighted by Crippen LogP contribution is -2.38. The fourth-order valence-electron chi connectivity index (χ4n) is 4.12. The van der Waals surface area contributed by atoms with E-state index < -0.39 is 0 Å². The summed E-state index contributed by atoms with van der Waals surface area (Å²) in [7, 11) is 3.33. The van der Waals surface area contributed by atoms with Crippen LogP contribution >= 0.6 is 0 Å². The monoisotopic (exact) mass is 438 g/mol. The van der Waals surface area contributed by atoms with E-state index in [1.54, 1.807) is 14.2 Å². The molecule has 1 aliphatic heterocycles. The molecule has 3 rings (SSSR count). The first-order valence-electron chi connectivity index (χ1n) is 11.7. The maximum Gasteiger partial charge on any atom is 0.191 e. The molecule has 32 heavy (non-hydrogen) atoms. The van der Waals surface area contributed by atoms with Crippen LogP contribution in [0.2, 0.25) is 0 Å². The van der Waals surface area contributed by atoms with E-state index in [-0.39, 0.29) is 0 Å². The van der Waals surface area contributed by atoms with Crippen LogP contribution in [0.4, 0.5) is 0 Å². The molecule has 6 nitrogen and oxygen atoms in total. The van der Waals surface area contributed by atoms with Crippen molar-refractivity contribution >= 4 is 5.96 Å². The molecule has 0 amide bonds. The third kappa shape index (κ3) is 7.45. The Morgan fingerprint density at radius 3 is 2.56 bits per heavy atom. The summed E-state index contributed by atoms with van der Waals surface area (Å²) >= 11 is 0. The summed E-state index contributed by atoms with van der Waals surface area (Å²) in [6.07, 6.45) is 3.24. The van der Waals surface area contributed by atoms with Crippen molar-refractivity contribution in [2.45, 2.75) is 26.2 Å². The highest BCUT2D eigenvalue weighted by Crippen LogP contribution is 2.27. The lowest BCUT2D eigenvalue weighted by Gasteiger charge is -2.16. The van der Waals surface area contributed by atoms with Crippen molar-refractivity contribution in [3.05, 3.63) is 59.7 Å². The van der Waals surface area contributed by atoms with E-state index in [2.05, 4.69) is 58.9 Å². The fourth-order valence-corrected chi connectivity index (χ4v) is 4.12. The number of aliphatic imine (C=N–C) groups is 1. The molecule has 1 aliphatic rings. The molecule has 1 heterocycles. The molecular weight excluding hydrogens is 400 g/mol. The largest absolute Gasteiger partial charge is 0.493 e. The van der Waals surface area contributed by atoms with Crippen molar-refractivity contribution in [3.8, 4) is 11.5 Å². The van der Waals surface area contributed by atoms with Gasteiger partial charge in [0.1, 0.15) is 0 Å². The second-order valence-corrected chi connectivity index (χ2v) is 8.28. The van der Waals surface area contributed by atoms with Crippen molar-refractivity contribution in [1.82, 2.24) is 15.5 Å². The lowest BCUT2D eigenvalue weighted by molar-refractivity contribution is 0.329. The van der Waals surface area contributed by atoms with Crippen LogP contribution in [0.3, 0.4) is 0 Å². The molecule has 0 saturated carbocycles. The first-order valence-corrected chi connectivity index (χ1v) is 11.7. The molecule has 2 aromatic carbocycles. The number of rotatable bonds is 11. The second-order valence-electron chi connectivity index (χ2n) is 8.28. The van der Waals surface area contributed by atoms with Gasteiger partial charge in [-0.2, -0.15) is 0 Å². The Bertz CT molecular complexity index is 841. The number of hydrogen-bond acceptors (Lipinski definition) is 4. The van der Waals surface area contributed by atoms with Gasteiger partial charge in [-0.25, -0.2) is 0 Å². The normalized spacial score (nSPS) is 16.7. The summed E-state index contributed by atoms with van der Waals surface area (Å²) in [4.78, 5) is 7.44. The van der Waals surface area contributed by atoms with Gasteiger partial charge in [0, 0.05) is 32.7 Å². The molecule has 0 aliphatic carbocycles. The molecule has 0 radical (unpaired) electrons. The molecule has 1 fully saturated rings. The smallest absolute Gasteiger partial charge is 0.191 e. The van der Waals surface area contributed by atoms with Gasteiger partial charge in [0.05, 0.1) is 14.2 Å². The number of guanidine groups is 1. The predicted octanol–water partition coefficient (Wildman–Crippen LogP) is 3.37. The SMILES string of the molecule is CCNC(=NCC1CCN(CCc2ccccc2)C1)NCCc1ccc(OC)c(OC)c1. The number of nitrogens with zero attached hydrogens (tertiary/aromatic N) is 2. The lowest BCUT2D eigenvalue weighted by atomic mass is 10.1. The predicted molar refractivity (Wildman–Crippen MR) is 132 cm³/mol. The molecule has 1 saturated heterocycles. The summed E-state index contributed by atoms with van der Waals surface area (Å²) in [5.41, 5.74) is 2.62. The quantitative estimate of drug-likeness (QED) is 0.416. The average Bonchev–Trinajstić information content (AvgIpc) is 3.29. The van der Waals surface area contributed by atoms with Gasteiger partial charge in [0.15, 0.2) is 17.5 Å². The van der Waals surface area contributed by atoms with Crippen LogP contribution in [-0.2, 0) is 12.8 Å². The molecule has 2 aromatic rings. The minimum Gasteiger partial charge on any atom is -0.493 e. The molecule has 1 unspecified atom stereocenters. The molecule has 6 heteroatoms. The number of benzene rings is 2. The summed E-state index contributed by atoms with van der Waals surface area (Å²) in [6, 6.07) is 16.8. The van der Waals surface area contributed by atoms with Crippen molar-refractivity contribution < 1.29 is 9.47 Å². The van der Waals surface area contributed by atoms with Gasteiger partial charge < -0.3 is 25.0 Å². The minimum atomic E-state index is 0.632. The van der Waals surface area contributed by atoms with Crippen molar-refractivity contribution in [1.29, 1.82) is 0 Å². The molecule has 174 valence electrons. The third-order valence-electron chi connectivity index (χ3n) is 5.94. The Hall–Kier alpha value is -2.73. The van der Waals surface area contributed by atoms with Gasteiger partial charge in [-0.3, -0.25) is 4.99 Å². The van der Waals surface area contributed by atoms with Crippen LogP contribution in [0.25, 0.3) is 0 Å². The highest BCUT2D eigenvalue weighted by Gasteiger charge is 2.21. The number of hydrogen-bond donors (Lipinski definition) is 2. The average molecular weight is 439 g/mol. The Balaban J connectivity index is 1.42. The van der Waals surface area contributed by atoms with Crippen LogP contribution in [0.5, 0.6) is 11.5 Å². The van der Waals surface area contributed by atoms with E-state index in [1.165, 1.54) is 24.1 Å². The topological polar surface area (TPSA) is 58.1 Å². The highest BCUT2D eigenvalue weighted by molar-refractivity contribution is 5.79. The summed E-state index contributed by atoms with van der Waals surface area (Å²) in [5, 5.41) is 6.84. The Kier molecular flexibility index (Phi) is 9.69. The van der Waals surface area contributed by atoms with Crippen molar-refractivity contribution in [2.75, 3.05) is 53.5 Å². The zero-order valence-electron chi connectivity index (χ0n) is 19.8. The first-order chi connectivity index (χ1) is 15.7. The van der Waals surface area contributed by atoms with E-state index >= 15 is 0 Å². The Morgan fingerprint density at radius 1 is 1.00 bits per heavy atom. The fraction of sp³-hybridized carbons (Fsp3) is 0.500. The second kappa shape index (κ2) is 13.0. The van der Waals surface area contributed by atoms with E-state index in [0.717, 1.165) is 63.0 Å². The highest BCUT2D eigenvalue weighted by atomic mass is 16.5. The van der Waals surface area contributed by atoms with Gasteiger partial charge in [0.2, 0.25) is 0 Å². The standard InChI is InChI=1S/C26H38N4O2/c1-4-27-26(28-15-12-22-10-11-24(31-2)25(18-22)32-3)29-19-23-14-17-30(20-23)16-13-21-8-6-5-7-9-21/h5-11,18,23H,4,12-17,19-20H2,1-3H3,(H2,27,28,29). The number of likely N-dealkylation sites (tertiary alicyclic amines) is 1. The minimum absolute atomic E-state index is 0.632. The van der Waals surface area contributed by atoms with Gasteiger partial charge in [-0.15, -0.1) is 0 Å². The third-order valence-corrected chi connectivity index (χ3v) is 5.94. The van der Waals surface area contributed by atoms with E-state index in [1.807, 2.05) is 12.1 Å². The number of nitrogens with one attached hydrogen (secondary N) is 2. The van der Waals surface area contributed by atoms with Crippen molar-refractivity contribution in [2.24, 2.45) is 10.9 Å². The molecule has 2 N–H and O–H groups in total. The molecule has 1 atom stereocenters. The van der Waals surface area contributed by atoms with E-state index in [4.69, 9.17) is 14.5 Å². The van der Waals surface area contributed by atoms with Gasteiger partial charge in [-0.05, 0) is 61.9 Å². The van der Waals surface area contributed by atoms with Crippen LogP contribution in [-0.4, -0.2) is 64.3 Å².